The maximum atomic E-state index is 6.05. The Hall–Kier alpha value is -0.410. The number of quaternary nitrogens is 1. The zero-order valence-corrected chi connectivity index (χ0v) is 21.5. The lowest BCUT2D eigenvalue weighted by molar-refractivity contribution is -0.909. The Bertz CT molecular complexity index is 556. The molecular formula is C23H43IN4O. The number of benzene rings is 1. The van der Waals surface area contributed by atoms with Crippen LogP contribution in [0.25, 0.3) is 0 Å². The van der Waals surface area contributed by atoms with Gasteiger partial charge in [-0.1, -0.05) is 17.7 Å². The molecule has 1 atom stereocenters. The molecule has 29 heavy (non-hydrogen) atoms. The summed E-state index contributed by atoms with van der Waals surface area (Å²) >= 11 is 0. The van der Waals surface area contributed by atoms with Gasteiger partial charge in [-0.15, -0.1) is 0 Å². The van der Waals surface area contributed by atoms with Crippen molar-refractivity contribution in [3.8, 4) is 5.75 Å². The van der Waals surface area contributed by atoms with E-state index < -0.39 is 0 Å². The van der Waals surface area contributed by atoms with Gasteiger partial charge >= 0.3 is 0 Å². The second-order valence-corrected chi connectivity index (χ2v) is 9.07. The fraction of sp³-hybridized carbons (Fsp3) is 0.739. The number of halogens is 1. The van der Waals surface area contributed by atoms with Crippen molar-refractivity contribution in [1.82, 2.24) is 14.7 Å². The zero-order valence-electron chi connectivity index (χ0n) is 19.4. The van der Waals surface area contributed by atoms with Crippen molar-refractivity contribution in [2.75, 3.05) is 93.7 Å². The predicted octanol–water partition coefficient (Wildman–Crippen LogP) is -0.586. The third kappa shape index (κ3) is 11.0. The van der Waals surface area contributed by atoms with Gasteiger partial charge in [0.25, 0.3) is 0 Å². The first-order valence-electron chi connectivity index (χ1n) is 10.9. The molecule has 5 nitrogen and oxygen atoms in total. The molecule has 1 aliphatic rings. The Morgan fingerprint density at radius 3 is 1.97 bits per heavy atom. The van der Waals surface area contributed by atoms with Gasteiger partial charge in [-0.05, 0) is 59.7 Å². The third-order valence-electron chi connectivity index (χ3n) is 6.12. The summed E-state index contributed by atoms with van der Waals surface area (Å²) < 4.78 is 7.14. The molecule has 6 heteroatoms. The summed E-state index contributed by atoms with van der Waals surface area (Å²) in [5.74, 6) is 0.986. The van der Waals surface area contributed by atoms with Gasteiger partial charge in [0, 0.05) is 32.6 Å². The van der Waals surface area contributed by atoms with Crippen LogP contribution in [0.2, 0.25) is 0 Å². The Labute approximate surface area is 196 Å². The first-order valence-corrected chi connectivity index (χ1v) is 10.9. The lowest BCUT2D eigenvalue weighted by atomic mass is 10.2. The van der Waals surface area contributed by atoms with E-state index in [1.165, 1.54) is 51.1 Å². The molecule has 1 fully saturated rings. The van der Waals surface area contributed by atoms with Crippen LogP contribution in [0.3, 0.4) is 0 Å². The molecule has 1 aromatic carbocycles. The van der Waals surface area contributed by atoms with Crippen molar-refractivity contribution < 1.29 is 33.2 Å². The van der Waals surface area contributed by atoms with Crippen LogP contribution in [-0.4, -0.2) is 113 Å². The van der Waals surface area contributed by atoms with Crippen molar-refractivity contribution in [1.29, 1.82) is 0 Å². The van der Waals surface area contributed by atoms with E-state index in [9.17, 15) is 0 Å². The topological polar surface area (TPSA) is 19.0 Å². The van der Waals surface area contributed by atoms with Crippen molar-refractivity contribution in [2.24, 2.45) is 0 Å². The second kappa shape index (κ2) is 13.8. The molecule has 0 N–H and O–H groups in total. The quantitative estimate of drug-likeness (QED) is 0.392. The normalized spacial score (nSPS) is 24.4. The van der Waals surface area contributed by atoms with E-state index in [4.69, 9.17) is 4.74 Å². The number of hydrogen-bond donors (Lipinski definition) is 0. The van der Waals surface area contributed by atoms with E-state index in [1.54, 1.807) is 0 Å². The molecule has 0 bridgehead atoms. The predicted molar refractivity (Wildman–Crippen MR) is 119 cm³/mol. The van der Waals surface area contributed by atoms with Crippen molar-refractivity contribution >= 4 is 0 Å². The summed E-state index contributed by atoms with van der Waals surface area (Å²) in [6.07, 6.45) is 2.49. The molecule has 0 saturated carbocycles. The highest BCUT2D eigenvalue weighted by Gasteiger charge is 2.22. The number of ether oxygens (including phenoxy) is 1. The number of rotatable bonds is 4. The number of hydrogen-bond acceptors (Lipinski definition) is 4. The van der Waals surface area contributed by atoms with Crippen LogP contribution >= 0.6 is 0 Å². The number of nitrogens with zero attached hydrogens (tertiary/aromatic N) is 4. The number of aryl methyl sites for hydroxylation is 1. The van der Waals surface area contributed by atoms with E-state index >= 15 is 0 Å². The first kappa shape index (κ1) is 26.6. The molecule has 0 aliphatic carbocycles. The van der Waals surface area contributed by atoms with E-state index in [0.717, 1.165) is 43.0 Å². The average Bonchev–Trinajstić information content (AvgIpc) is 2.66. The Morgan fingerprint density at radius 1 is 0.793 bits per heavy atom. The maximum absolute atomic E-state index is 6.05. The Morgan fingerprint density at radius 2 is 1.34 bits per heavy atom. The monoisotopic (exact) mass is 518 g/mol. The van der Waals surface area contributed by atoms with Gasteiger partial charge < -0.3 is 47.9 Å². The van der Waals surface area contributed by atoms with Gasteiger partial charge in [-0.2, -0.15) is 0 Å². The smallest absolute Gasteiger partial charge is 0.137 e. The molecule has 1 aromatic rings. The standard InChI is InChI=1S/C23H43N4O.HI/c1-22-8-10-23(11-9-22)28-21-20-27(5)18-7-14-25(3)16-15-24(2)12-6-13-26(4)17-19-27;/h8-11H,6-7,12-21H2,1-5H3;1H/q+1;/p-1. The fourth-order valence-corrected chi connectivity index (χ4v) is 3.78. The molecule has 0 amide bonds. The van der Waals surface area contributed by atoms with Crippen LogP contribution in [0.1, 0.15) is 18.4 Å². The summed E-state index contributed by atoms with van der Waals surface area (Å²) in [6, 6.07) is 8.40. The van der Waals surface area contributed by atoms with Gasteiger partial charge in [-0.3, -0.25) is 0 Å². The van der Waals surface area contributed by atoms with E-state index in [0.29, 0.717) is 0 Å². The summed E-state index contributed by atoms with van der Waals surface area (Å²) in [5.41, 5.74) is 1.28. The molecular weight excluding hydrogens is 475 g/mol. The molecule has 1 unspecified atom stereocenters. The van der Waals surface area contributed by atoms with Gasteiger partial charge in [0.05, 0.1) is 20.1 Å². The van der Waals surface area contributed by atoms with Gasteiger partial charge in [-0.25, -0.2) is 0 Å². The third-order valence-corrected chi connectivity index (χ3v) is 6.12. The minimum atomic E-state index is 0. The highest BCUT2D eigenvalue weighted by atomic mass is 127. The zero-order chi connectivity index (χ0) is 20.4. The van der Waals surface area contributed by atoms with E-state index in [1.807, 2.05) is 0 Å². The van der Waals surface area contributed by atoms with Crippen LogP contribution in [0.5, 0.6) is 5.75 Å². The summed E-state index contributed by atoms with van der Waals surface area (Å²) in [5, 5.41) is 0. The molecule has 0 aromatic heterocycles. The van der Waals surface area contributed by atoms with Crippen LogP contribution in [0.4, 0.5) is 0 Å². The number of likely N-dealkylation sites (N-methyl/N-ethyl adjacent to an activating group) is 4. The first-order chi connectivity index (χ1) is 13.4. The van der Waals surface area contributed by atoms with Crippen molar-refractivity contribution in [3.05, 3.63) is 29.8 Å². The van der Waals surface area contributed by atoms with E-state index in [2.05, 4.69) is 74.1 Å². The van der Waals surface area contributed by atoms with Gasteiger partial charge in [0.1, 0.15) is 18.9 Å². The molecule has 0 radical (unpaired) electrons. The molecule has 1 heterocycles. The summed E-state index contributed by atoms with van der Waals surface area (Å²) in [7, 11) is 9.19. The Balaban J connectivity index is 0.00000420. The largest absolute Gasteiger partial charge is 1.00 e. The van der Waals surface area contributed by atoms with Crippen LogP contribution in [0.15, 0.2) is 24.3 Å². The molecule has 1 saturated heterocycles. The van der Waals surface area contributed by atoms with Crippen molar-refractivity contribution in [2.45, 2.75) is 19.8 Å². The van der Waals surface area contributed by atoms with E-state index in [-0.39, 0.29) is 24.0 Å². The van der Waals surface area contributed by atoms with Crippen LogP contribution < -0.4 is 28.7 Å². The van der Waals surface area contributed by atoms with Crippen LogP contribution in [-0.2, 0) is 0 Å². The lowest BCUT2D eigenvalue weighted by Gasteiger charge is -2.37. The fourth-order valence-electron chi connectivity index (χ4n) is 3.78. The molecule has 168 valence electrons. The molecule has 0 spiro atoms. The van der Waals surface area contributed by atoms with Gasteiger partial charge in [0.15, 0.2) is 0 Å². The summed E-state index contributed by atoms with van der Waals surface area (Å²) in [6.45, 7) is 13.4. The Kier molecular flexibility index (Phi) is 12.7. The minimum absolute atomic E-state index is 0. The molecule has 1 aliphatic heterocycles. The summed E-state index contributed by atoms with van der Waals surface area (Å²) in [4.78, 5) is 7.46. The molecule has 2 rings (SSSR count). The highest BCUT2D eigenvalue weighted by Crippen LogP contribution is 2.13. The average molecular weight is 519 g/mol. The maximum Gasteiger partial charge on any atom is 0.137 e. The SMILES string of the molecule is Cc1ccc(OCC[N+]2(C)CCCN(C)CCN(C)CCCN(C)CC2)cc1.[I-]. The second-order valence-electron chi connectivity index (χ2n) is 9.07. The minimum Gasteiger partial charge on any atom is -1.00 e. The highest BCUT2D eigenvalue weighted by molar-refractivity contribution is 5.26. The lowest BCUT2D eigenvalue weighted by Crippen LogP contribution is -3.00. The van der Waals surface area contributed by atoms with Gasteiger partial charge in [0.2, 0.25) is 0 Å². The van der Waals surface area contributed by atoms with Crippen molar-refractivity contribution in [3.63, 3.8) is 0 Å². The van der Waals surface area contributed by atoms with Crippen LogP contribution in [0, 0.1) is 6.92 Å².